The molecule has 2 aliphatic rings. The second kappa shape index (κ2) is 1.52. The molecule has 0 radical (unpaired) electrons. The van der Waals surface area contributed by atoms with Crippen LogP contribution >= 0.6 is 0 Å². The van der Waals surface area contributed by atoms with Gasteiger partial charge in [-0.2, -0.15) is 0 Å². The first-order chi connectivity index (χ1) is 5.27. The molecule has 0 bridgehead atoms. The Hall–Kier alpha value is -0.780. The summed E-state index contributed by atoms with van der Waals surface area (Å²) in [6.07, 6.45) is 2.58. The van der Waals surface area contributed by atoms with Crippen LogP contribution in [0, 0.1) is 0 Å². The molecule has 0 nitrogen and oxygen atoms in total. The van der Waals surface area contributed by atoms with Crippen molar-refractivity contribution in [2.24, 2.45) is 0 Å². The van der Waals surface area contributed by atoms with Crippen molar-refractivity contribution in [3.05, 3.63) is 33.9 Å². The van der Waals surface area contributed by atoms with Crippen LogP contribution in [0.25, 0.3) is 0 Å². The van der Waals surface area contributed by atoms with Crippen LogP contribution in [-0.4, -0.2) is 0 Å². The highest BCUT2D eigenvalue weighted by Gasteiger charge is 2.33. The normalized spacial score (nSPS) is 16.3. The van der Waals surface area contributed by atoms with Crippen LogP contribution in [0.2, 0.25) is 0 Å². The van der Waals surface area contributed by atoms with Crippen molar-refractivity contribution in [2.45, 2.75) is 32.6 Å². The van der Waals surface area contributed by atoms with Gasteiger partial charge in [0.05, 0.1) is 0 Å². The van der Waals surface area contributed by atoms with Gasteiger partial charge in [-0.3, -0.25) is 0 Å². The predicted molar refractivity (Wildman–Crippen MR) is 46.1 cm³/mol. The van der Waals surface area contributed by atoms with Gasteiger partial charge in [0, 0.05) is 0 Å². The van der Waals surface area contributed by atoms with Crippen LogP contribution in [0.5, 0.6) is 0 Å². The molecule has 56 valence electrons. The van der Waals surface area contributed by atoms with Gasteiger partial charge in [0.15, 0.2) is 0 Å². The smallest absolute Gasteiger partial charge is 0.00169 e. The molecule has 0 N–H and O–H groups in total. The molecule has 0 fully saturated rings. The minimum absolute atomic E-state index is 0.753. The van der Waals surface area contributed by atoms with E-state index < -0.39 is 0 Å². The molecule has 0 atom stereocenters. The first kappa shape index (κ1) is 5.82. The van der Waals surface area contributed by atoms with Crippen molar-refractivity contribution < 1.29 is 0 Å². The van der Waals surface area contributed by atoms with Gasteiger partial charge in [-0.25, -0.2) is 0 Å². The van der Waals surface area contributed by atoms with E-state index in [2.05, 4.69) is 19.9 Å². The summed E-state index contributed by atoms with van der Waals surface area (Å²) < 4.78 is 0. The monoisotopic (exact) mass is 144 g/mol. The number of fused-ring (bicyclic) bond motifs is 2. The largest absolute Gasteiger partial charge is 0.0587 e. The minimum atomic E-state index is 0.753. The molecule has 0 unspecified atom stereocenters. The molecule has 0 aliphatic heterocycles. The number of hydrogen-bond donors (Lipinski definition) is 0. The lowest BCUT2D eigenvalue weighted by atomic mass is 10.0. The van der Waals surface area contributed by atoms with Crippen LogP contribution in [0.15, 0.2) is 6.07 Å². The summed E-state index contributed by atoms with van der Waals surface area (Å²) in [6.45, 7) is 4.62. The first-order valence-electron chi connectivity index (χ1n) is 4.43. The molecule has 0 aromatic heterocycles. The van der Waals surface area contributed by atoms with Crippen LogP contribution < -0.4 is 0 Å². The highest BCUT2D eigenvalue weighted by molar-refractivity contribution is 5.65. The van der Waals surface area contributed by atoms with Crippen molar-refractivity contribution in [1.82, 2.24) is 0 Å². The molecule has 0 saturated heterocycles. The van der Waals surface area contributed by atoms with E-state index in [-0.39, 0.29) is 0 Å². The third kappa shape index (κ3) is 0.649. The van der Waals surface area contributed by atoms with E-state index in [1.807, 2.05) is 0 Å². The average molecular weight is 144 g/mol. The Morgan fingerprint density at radius 2 is 1.64 bits per heavy atom. The standard InChI is InChI=1S/C11H12/c1-6(2)11-9-4-7(9)3-8-5-10(8)11/h3,6H,4-5H2,1-2H3. The zero-order valence-electron chi connectivity index (χ0n) is 7.07. The molecule has 11 heavy (non-hydrogen) atoms. The van der Waals surface area contributed by atoms with Gasteiger partial charge in [-0.05, 0) is 46.6 Å². The second-order valence-electron chi connectivity index (χ2n) is 4.07. The predicted octanol–water partition coefficient (Wildman–Crippen LogP) is 2.62. The molecule has 1 aromatic carbocycles. The Morgan fingerprint density at radius 1 is 1.09 bits per heavy atom. The van der Waals surface area contributed by atoms with Gasteiger partial charge in [0.2, 0.25) is 0 Å². The van der Waals surface area contributed by atoms with Gasteiger partial charge in [-0.1, -0.05) is 19.9 Å². The Bertz CT molecular complexity index is 317. The van der Waals surface area contributed by atoms with Crippen molar-refractivity contribution >= 4 is 0 Å². The Kier molecular flexibility index (Phi) is 0.806. The zero-order chi connectivity index (χ0) is 7.59. The average Bonchev–Trinajstić information content (AvgIpc) is 2.69. The first-order valence-corrected chi connectivity index (χ1v) is 4.43. The topological polar surface area (TPSA) is 0 Å². The van der Waals surface area contributed by atoms with E-state index in [0.717, 1.165) is 5.92 Å². The summed E-state index contributed by atoms with van der Waals surface area (Å²) >= 11 is 0. The molecule has 0 heteroatoms. The molecular formula is C11H12. The summed E-state index contributed by atoms with van der Waals surface area (Å²) in [5, 5.41) is 0. The van der Waals surface area contributed by atoms with Gasteiger partial charge in [0.1, 0.15) is 0 Å². The second-order valence-corrected chi connectivity index (χ2v) is 4.07. The maximum atomic E-state index is 2.40. The quantitative estimate of drug-likeness (QED) is 0.492. The van der Waals surface area contributed by atoms with Crippen LogP contribution in [0.4, 0.5) is 0 Å². The lowest BCUT2D eigenvalue weighted by Crippen LogP contribution is -1.86. The highest BCUT2D eigenvalue weighted by Crippen LogP contribution is 2.46. The van der Waals surface area contributed by atoms with E-state index in [4.69, 9.17) is 0 Å². The van der Waals surface area contributed by atoms with Crippen LogP contribution in [0.3, 0.4) is 0 Å². The molecule has 3 rings (SSSR count). The van der Waals surface area contributed by atoms with E-state index in [1.54, 1.807) is 27.8 Å². The van der Waals surface area contributed by atoms with Gasteiger partial charge >= 0.3 is 0 Å². The third-order valence-corrected chi connectivity index (χ3v) is 2.84. The van der Waals surface area contributed by atoms with Crippen molar-refractivity contribution in [3.8, 4) is 0 Å². The molecular weight excluding hydrogens is 132 g/mol. The lowest BCUT2D eigenvalue weighted by Gasteiger charge is -2.02. The molecule has 0 saturated carbocycles. The SMILES string of the molecule is CC(C)c1c2c(cc3c1C3)C2. The zero-order valence-corrected chi connectivity index (χ0v) is 7.07. The van der Waals surface area contributed by atoms with Crippen molar-refractivity contribution in [1.29, 1.82) is 0 Å². The number of hydrogen-bond acceptors (Lipinski definition) is 0. The van der Waals surface area contributed by atoms with Crippen molar-refractivity contribution in [2.75, 3.05) is 0 Å². The fourth-order valence-corrected chi connectivity index (χ4v) is 2.19. The number of rotatable bonds is 1. The molecule has 2 aliphatic carbocycles. The maximum absolute atomic E-state index is 2.40. The van der Waals surface area contributed by atoms with Crippen LogP contribution in [-0.2, 0) is 12.8 Å². The molecule has 0 heterocycles. The van der Waals surface area contributed by atoms with Gasteiger partial charge in [0.25, 0.3) is 0 Å². The minimum Gasteiger partial charge on any atom is -0.0587 e. The maximum Gasteiger partial charge on any atom is -0.00169 e. The summed E-state index contributed by atoms with van der Waals surface area (Å²) in [5.74, 6) is 0.753. The summed E-state index contributed by atoms with van der Waals surface area (Å²) in [5.41, 5.74) is 8.31. The number of benzene rings is 1. The van der Waals surface area contributed by atoms with Crippen LogP contribution in [0.1, 0.15) is 47.6 Å². The van der Waals surface area contributed by atoms with Crippen molar-refractivity contribution in [3.63, 3.8) is 0 Å². The van der Waals surface area contributed by atoms with Gasteiger partial charge < -0.3 is 0 Å². The fourth-order valence-electron chi connectivity index (χ4n) is 2.19. The fraction of sp³-hybridized carbons (Fsp3) is 0.455. The molecule has 0 spiro atoms. The Labute approximate surface area is 67.2 Å². The molecule has 0 amide bonds. The van der Waals surface area contributed by atoms with Gasteiger partial charge in [-0.15, -0.1) is 0 Å². The summed E-state index contributed by atoms with van der Waals surface area (Å²) in [6, 6.07) is 2.40. The van der Waals surface area contributed by atoms with E-state index >= 15 is 0 Å². The third-order valence-electron chi connectivity index (χ3n) is 2.84. The van der Waals surface area contributed by atoms with E-state index in [0.29, 0.717) is 0 Å². The summed E-state index contributed by atoms with van der Waals surface area (Å²) in [7, 11) is 0. The molecule has 1 aromatic rings. The van der Waals surface area contributed by atoms with E-state index in [9.17, 15) is 0 Å². The Balaban J connectivity index is 2.26. The van der Waals surface area contributed by atoms with E-state index in [1.165, 1.54) is 12.8 Å². The highest BCUT2D eigenvalue weighted by atomic mass is 14.4. The summed E-state index contributed by atoms with van der Waals surface area (Å²) in [4.78, 5) is 0. The lowest BCUT2D eigenvalue weighted by molar-refractivity contribution is 0.861. The Morgan fingerprint density at radius 3 is 2.09 bits per heavy atom.